The Morgan fingerprint density at radius 2 is 2.06 bits per heavy atom. The van der Waals surface area contributed by atoms with Crippen molar-refractivity contribution < 1.29 is 0 Å². The van der Waals surface area contributed by atoms with Crippen molar-refractivity contribution in [3.8, 4) is 0 Å². The molecule has 0 saturated carbocycles. The fourth-order valence-electron chi connectivity index (χ4n) is 1.95. The third-order valence-corrected chi connectivity index (χ3v) is 4.22. The molecule has 4 heteroatoms. The molecule has 0 fully saturated rings. The van der Waals surface area contributed by atoms with E-state index in [1.165, 1.54) is 21.6 Å². The van der Waals surface area contributed by atoms with Crippen LogP contribution in [0.3, 0.4) is 0 Å². The molecule has 0 spiro atoms. The molecule has 0 bridgehead atoms. The maximum absolute atomic E-state index is 5.66. The molecule has 1 aromatic carbocycles. The first-order valence-corrected chi connectivity index (χ1v) is 6.86. The number of nitrogens with zero attached hydrogens (tertiary/aromatic N) is 1. The highest BCUT2D eigenvalue weighted by Gasteiger charge is 2.13. The Bertz CT molecular complexity index is 534. The van der Waals surface area contributed by atoms with Crippen LogP contribution in [0.1, 0.15) is 32.6 Å². The number of rotatable bonds is 4. The number of hydrogen-bond acceptors (Lipinski definition) is 4. The van der Waals surface area contributed by atoms with Gasteiger partial charge in [0, 0.05) is 11.1 Å². The summed E-state index contributed by atoms with van der Waals surface area (Å²) in [7, 11) is 0. The molecule has 3 nitrogen and oxygen atoms in total. The minimum Gasteiger partial charge on any atom is -0.271 e. The van der Waals surface area contributed by atoms with Crippen LogP contribution in [0.4, 0.5) is 0 Å². The van der Waals surface area contributed by atoms with Crippen LogP contribution >= 0.6 is 11.3 Å². The maximum atomic E-state index is 5.66. The number of benzene rings is 1. The summed E-state index contributed by atoms with van der Waals surface area (Å²) in [5, 5.41) is 1.07. The lowest BCUT2D eigenvalue weighted by Crippen LogP contribution is -2.29. The Balaban J connectivity index is 2.17. The van der Waals surface area contributed by atoms with Gasteiger partial charge in [0.1, 0.15) is 0 Å². The Morgan fingerprint density at radius 3 is 2.61 bits per heavy atom. The Kier molecular flexibility index (Phi) is 4.11. The first kappa shape index (κ1) is 13.2. The molecule has 1 aromatic heterocycles. The van der Waals surface area contributed by atoms with E-state index in [-0.39, 0.29) is 6.04 Å². The van der Waals surface area contributed by atoms with Crippen molar-refractivity contribution in [3.63, 3.8) is 0 Å². The molecule has 0 saturated heterocycles. The average Bonchev–Trinajstić information content (AvgIpc) is 2.77. The van der Waals surface area contributed by atoms with Gasteiger partial charge >= 0.3 is 0 Å². The van der Waals surface area contributed by atoms with E-state index in [4.69, 9.17) is 5.84 Å². The Morgan fingerprint density at radius 1 is 1.28 bits per heavy atom. The van der Waals surface area contributed by atoms with Gasteiger partial charge in [-0.15, -0.1) is 11.3 Å². The smallest absolute Gasteiger partial charge is 0.0897 e. The van der Waals surface area contributed by atoms with Crippen LogP contribution < -0.4 is 11.3 Å². The molecule has 0 aliphatic heterocycles. The molecule has 3 N–H and O–H groups in total. The number of hydrogen-bond donors (Lipinski definition) is 2. The van der Waals surface area contributed by atoms with Gasteiger partial charge in [0.25, 0.3) is 0 Å². The van der Waals surface area contributed by atoms with Crippen molar-refractivity contribution in [2.45, 2.75) is 33.2 Å². The number of nitrogens with two attached hydrogens (primary N) is 1. The SMILES string of the molecule is Cc1ncc(C(Cc2ccc(C)c(C)c2)NN)s1. The van der Waals surface area contributed by atoms with Crippen LogP contribution in [0.5, 0.6) is 0 Å². The fraction of sp³-hybridized carbons (Fsp3) is 0.357. The van der Waals surface area contributed by atoms with Gasteiger partial charge in [-0.2, -0.15) is 0 Å². The van der Waals surface area contributed by atoms with Gasteiger partial charge in [-0.1, -0.05) is 18.2 Å². The lowest BCUT2D eigenvalue weighted by atomic mass is 10.0. The zero-order valence-corrected chi connectivity index (χ0v) is 11.8. The average molecular weight is 261 g/mol. The topological polar surface area (TPSA) is 50.9 Å². The first-order chi connectivity index (χ1) is 8.60. The van der Waals surface area contributed by atoms with E-state index < -0.39 is 0 Å². The summed E-state index contributed by atoms with van der Waals surface area (Å²) in [4.78, 5) is 5.47. The molecule has 1 heterocycles. The normalized spacial score (nSPS) is 12.7. The predicted molar refractivity (Wildman–Crippen MR) is 76.5 cm³/mol. The lowest BCUT2D eigenvalue weighted by molar-refractivity contribution is 0.559. The second-order valence-electron chi connectivity index (χ2n) is 4.62. The molecule has 0 amide bonds. The monoisotopic (exact) mass is 261 g/mol. The first-order valence-electron chi connectivity index (χ1n) is 6.04. The zero-order chi connectivity index (χ0) is 13.1. The minimum atomic E-state index is 0.137. The van der Waals surface area contributed by atoms with Crippen LogP contribution in [0.15, 0.2) is 24.4 Å². The van der Waals surface area contributed by atoms with E-state index >= 15 is 0 Å². The van der Waals surface area contributed by atoms with Crippen LogP contribution in [-0.2, 0) is 6.42 Å². The lowest BCUT2D eigenvalue weighted by Gasteiger charge is -2.14. The van der Waals surface area contributed by atoms with Gasteiger partial charge in [-0.05, 0) is 43.9 Å². The molecule has 0 aliphatic carbocycles. The number of hydrazine groups is 1. The van der Waals surface area contributed by atoms with Crippen LogP contribution in [0.25, 0.3) is 0 Å². The molecule has 1 atom stereocenters. The third kappa shape index (κ3) is 2.96. The van der Waals surface area contributed by atoms with Gasteiger partial charge in [-0.25, -0.2) is 4.98 Å². The molecule has 18 heavy (non-hydrogen) atoms. The van der Waals surface area contributed by atoms with Crippen LogP contribution in [-0.4, -0.2) is 4.98 Å². The summed E-state index contributed by atoms with van der Waals surface area (Å²) >= 11 is 1.69. The summed E-state index contributed by atoms with van der Waals surface area (Å²) < 4.78 is 0. The molecular formula is C14H19N3S. The van der Waals surface area contributed by atoms with Crippen molar-refractivity contribution in [2.75, 3.05) is 0 Å². The highest BCUT2D eigenvalue weighted by Crippen LogP contribution is 2.24. The van der Waals surface area contributed by atoms with Crippen LogP contribution in [0.2, 0.25) is 0 Å². The zero-order valence-electron chi connectivity index (χ0n) is 11.0. The van der Waals surface area contributed by atoms with Crippen molar-refractivity contribution in [1.82, 2.24) is 10.4 Å². The molecule has 0 radical (unpaired) electrons. The quantitative estimate of drug-likeness (QED) is 0.657. The molecule has 0 aliphatic rings. The molecule has 96 valence electrons. The number of thiazole rings is 1. The van der Waals surface area contributed by atoms with E-state index in [2.05, 4.69) is 42.5 Å². The summed E-state index contributed by atoms with van der Waals surface area (Å²) in [5.74, 6) is 5.66. The van der Waals surface area contributed by atoms with E-state index in [1.54, 1.807) is 11.3 Å². The van der Waals surface area contributed by atoms with E-state index in [0.717, 1.165) is 11.4 Å². The van der Waals surface area contributed by atoms with Crippen molar-refractivity contribution in [2.24, 2.45) is 5.84 Å². The van der Waals surface area contributed by atoms with E-state index in [1.807, 2.05) is 13.1 Å². The van der Waals surface area contributed by atoms with Gasteiger partial charge < -0.3 is 0 Å². The number of aromatic nitrogens is 1. The van der Waals surface area contributed by atoms with Gasteiger partial charge in [0.15, 0.2) is 0 Å². The summed E-state index contributed by atoms with van der Waals surface area (Å²) in [6.07, 6.45) is 2.80. The van der Waals surface area contributed by atoms with E-state index in [0.29, 0.717) is 0 Å². The predicted octanol–water partition coefficient (Wildman–Crippen LogP) is 2.82. The van der Waals surface area contributed by atoms with Gasteiger partial charge in [-0.3, -0.25) is 11.3 Å². The summed E-state index contributed by atoms with van der Waals surface area (Å²) in [5.41, 5.74) is 6.83. The summed E-state index contributed by atoms with van der Waals surface area (Å²) in [6.45, 7) is 6.28. The largest absolute Gasteiger partial charge is 0.271 e. The highest BCUT2D eigenvalue weighted by atomic mass is 32.1. The Labute approximate surface area is 112 Å². The second-order valence-corrected chi connectivity index (χ2v) is 5.89. The highest BCUT2D eigenvalue weighted by molar-refractivity contribution is 7.11. The molecule has 1 unspecified atom stereocenters. The third-order valence-electron chi connectivity index (χ3n) is 3.19. The van der Waals surface area contributed by atoms with Crippen molar-refractivity contribution >= 4 is 11.3 Å². The maximum Gasteiger partial charge on any atom is 0.0897 e. The van der Waals surface area contributed by atoms with Crippen molar-refractivity contribution in [1.29, 1.82) is 0 Å². The fourth-order valence-corrected chi connectivity index (χ4v) is 2.79. The van der Waals surface area contributed by atoms with Gasteiger partial charge in [0.05, 0.1) is 11.0 Å². The van der Waals surface area contributed by atoms with Gasteiger partial charge in [0.2, 0.25) is 0 Å². The van der Waals surface area contributed by atoms with Crippen LogP contribution in [0, 0.1) is 20.8 Å². The molecular weight excluding hydrogens is 242 g/mol. The van der Waals surface area contributed by atoms with Crippen molar-refractivity contribution in [3.05, 3.63) is 51.0 Å². The summed E-state index contributed by atoms with van der Waals surface area (Å²) in [6, 6.07) is 6.70. The number of aryl methyl sites for hydroxylation is 3. The minimum absolute atomic E-state index is 0.137. The molecule has 2 rings (SSSR count). The molecule has 2 aromatic rings. The number of nitrogens with one attached hydrogen (secondary N) is 1. The second kappa shape index (κ2) is 5.61. The van der Waals surface area contributed by atoms with E-state index in [9.17, 15) is 0 Å². The Hall–Kier alpha value is -1.23. The standard InChI is InChI=1S/C14H19N3S/c1-9-4-5-12(6-10(9)2)7-13(17-15)14-8-16-11(3)18-14/h4-6,8,13,17H,7,15H2,1-3H3.